The van der Waals surface area contributed by atoms with Gasteiger partial charge in [0.2, 0.25) is 0 Å². The van der Waals surface area contributed by atoms with Crippen LogP contribution < -0.4 is 10.6 Å². The summed E-state index contributed by atoms with van der Waals surface area (Å²) < 4.78 is 5.40. The molecule has 2 N–H and O–H groups in total. The quantitative estimate of drug-likeness (QED) is 0.793. The van der Waals surface area contributed by atoms with Gasteiger partial charge in [0, 0.05) is 24.8 Å². The molecule has 1 heterocycles. The summed E-state index contributed by atoms with van der Waals surface area (Å²) >= 11 is 0. The van der Waals surface area contributed by atoms with E-state index in [2.05, 4.69) is 34.4 Å². The number of anilines is 2. The minimum atomic E-state index is 0.195. The highest BCUT2D eigenvalue weighted by Crippen LogP contribution is 2.34. The third-order valence-corrected chi connectivity index (χ3v) is 3.45. The van der Waals surface area contributed by atoms with Crippen LogP contribution in [0.15, 0.2) is 6.07 Å². The van der Waals surface area contributed by atoms with E-state index >= 15 is 0 Å². The van der Waals surface area contributed by atoms with E-state index in [9.17, 15) is 0 Å². The van der Waals surface area contributed by atoms with E-state index in [1.54, 1.807) is 0 Å². The van der Waals surface area contributed by atoms with Crippen molar-refractivity contribution in [2.24, 2.45) is 0 Å². The van der Waals surface area contributed by atoms with Gasteiger partial charge in [0.25, 0.3) is 0 Å². The molecule has 106 valence electrons. The fourth-order valence-corrected chi connectivity index (χ4v) is 2.23. The van der Waals surface area contributed by atoms with E-state index in [-0.39, 0.29) is 5.54 Å². The monoisotopic (exact) mass is 264 g/mol. The molecule has 1 aliphatic carbocycles. The van der Waals surface area contributed by atoms with Crippen molar-refractivity contribution in [3.05, 3.63) is 11.9 Å². The molecular formula is C14H24N4O. The SMILES string of the molecule is CCNc1cc(NC2(C)CCC2)nc(COCC)n1. The largest absolute Gasteiger partial charge is 0.374 e. The van der Waals surface area contributed by atoms with E-state index in [4.69, 9.17) is 4.74 Å². The molecule has 5 heteroatoms. The van der Waals surface area contributed by atoms with Gasteiger partial charge in [-0.2, -0.15) is 0 Å². The second-order valence-corrected chi connectivity index (χ2v) is 5.26. The Kier molecular flexibility index (Phi) is 4.58. The van der Waals surface area contributed by atoms with Gasteiger partial charge in [0.15, 0.2) is 5.82 Å². The van der Waals surface area contributed by atoms with Crippen LogP contribution in [0.4, 0.5) is 11.6 Å². The van der Waals surface area contributed by atoms with Crippen LogP contribution in [0.3, 0.4) is 0 Å². The maximum absolute atomic E-state index is 5.40. The number of rotatable bonds is 7. The zero-order chi connectivity index (χ0) is 13.7. The van der Waals surface area contributed by atoms with E-state index in [0.717, 1.165) is 24.0 Å². The van der Waals surface area contributed by atoms with Crippen molar-refractivity contribution in [2.45, 2.75) is 52.2 Å². The molecule has 1 aromatic heterocycles. The van der Waals surface area contributed by atoms with Crippen molar-refractivity contribution >= 4 is 11.6 Å². The number of nitrogens with zero attached hydrogens (tertiary/aromatic N) is 2. The summed E-state index contributed by atoms with van der Waals surface area (Å²) in [6.07, 6.45) is 3.70. The number of hydrogen-bond donors (Lipinski definition) is 2. The average molecular weight is 264 g/mol. The summed E-state index contributed by atoms with van der Waals surface area (Å²) in [5.41, 5.74) is 0.195. The maximum atomic E-state index is 5.40. The molecule has 5 nitrogen and oxygen atoms in total. The Labute approximate surface area is 115 Å². The molecule has 1 saturated carbocycles. The highest BCUT2D eigenvalue weighted by molar-refractivity contribution is 5.49. The second kappa shape index (κ2) is 6.19. The molecule has 0 aliphatic heterocycles. The Balaban J connectivity index is 2.13. The number of aromatic nitrogens is 2. The van der Waals surface area contributed by atoms with Gasteiger partial charge in [0.1, 0.15) is 18.2 Å². The second-order valence-electron chi connectivity index (χ2n) is 5.26. The molecule has 0 amide bonds. The smallest absolute Gasteiger partial charge is 0.158 e. The summed E-state index contributed by atoms with van der Waals surface area (Å²) in [6.45, 7) is 8.26. The van der Waals surface area contributed by atoms with Crippen LogP contribution in [-0.2, 0) is 11.3 Å². The summed E-state index contributed by atoms with van der Waals surface area (Å²) in [4.78, 5) is 8.98. The topological polar surface area (TPSA) is 59.1 Å². The first-order valence-electron chi connectivity index (χ1n) is 7.13. The number of nitrogens with one attached hydrogen (secondary N) is 2. The minimum Gasteiger partial charge on any atom is -0.374 e. The van der Waals surface area contributed by atoms with Crippen LogP contribution >= 0.6 is 0 Å². The van der Waals surface area contributed by atoms with Crippen molar-refractivity contribution in [3.63, 3.8) is 0 Å². The predicted molar refractivity (Wildman–Crippen MR) is 77.4 cm³/mol. The fourth-order valence-electron chi connectivity index (χ4n) is 2.23. The van der Waals surface area contributed by atoms with Gasteiger partial charge < -0.3 is 15.4 Å². The van der Waals surface area contributed by atoms with Crippen LogP contribution in [0.1, 0.15) is 45.9 Å². The van der Waals surface area contributed by atoms with Crippen LogP contribution in [0.25, 0.3) is 0 Å². The Hall–Kier alpha value is -1.36. The zero-order valence-corrected chi connectivity index (χ0v) is 12.1. The Morgan fingerprint density at radius 2 is 2.00 bits per heavy atom. The van der Waals surface area contributed by atoms with Crippen molar-refractivity contribution in [2.75, 3.05) is 23.8 Å². The lowest BCUT2D eigenvalue weighted by molar-refractivity contribution is 0.128. The summed E-state index contributed by atoms with van der Waals surface area (Å²) in [6, 6.07) is 1.97. The lowest BCUT2D eigenvalue weighted by atomic mass is 9.78. The molecule has 0 aromatic carbocycles. The van der Waals surface area contributed by atoms with Gasteiger partial charge in [-0.1, -0.05) is 0 Å². The highest BCUT2D eigenvalue weighted by atomic mass is 16.5. The van der Waals surface area contributed by atoms with Gasteiger partial charge in [-0.15, -0.1) is 0 Å². The molecule has 0 saturated heterocycles. The normalized spacial score (nSPS) is 16.8. The van der Waals surface area contributed by atoms with E-state index in [0.29, 0.717) is 13.2 Å². The predicted octanol–water partition coefficient (Wildman–Crippen LogP) is 2.80. The van der Waals surface area contributed by atoms with E-state index in [1.807, 2.05) is 13.0 Å². The molecular weight excluding hydrogens is 240 g/mol. The van der Waals surface area contributed by atoms with Gasteiger partial charge in [-0.3, -0.25) is 0 Å². The molecule has 0 spiro atoms. The fraction of sp³-hybridized carbons (Fsp3) is 0.714. The Bertz CT molecular complexity index is 418. The molecule has 2 rings (SSSR count). The number of hydrogen-bond acceptors (Lipinski definition) is 5. The van der Waals surface area contributed by atoms with Crippen molar-refractivity contribution in [1.29, 1.82) is 0 Å². The Morgan fingerprint density at radius 1 is 1.26 bits per heavy atom. The van der Waals surface area contributed by atoms with Crippen LogP contribution in [0.5, 0.6) is 0 Å². The number of ether oxygens (including phenoxy) is 1. The van der Waals surface area contributed by atoms with Gasteiger partial charge >= 0.3 is 0 Å². The lowest BCUT2D eigenvalue weighted by Crippen LogP contribution is -2.42. The third-order valence-electron chi connectivity index (χ3n) is 3.45. The molecule has 0 unspecified atom stereocenters. The lowest BCUT2D eigenvalue weighted by Gasteiger charge is -2.39. The molecule has 0 radical (unpaired) electrons. The van der Waals surface area contributed by atoms with E-state index < -0.39 is 0 Å². The molecule has 19 heavy (non-hydrogen) atoms. The minimum absolute atomic E-state index is 0.195. The molecule has 0 bridgehead atoms. The first-order valence-corrected chi connectivity index (χ1v) is 7.13. The van der Waals surface area contributed by atoms with Crippen LogP contribution in [0.2, 0.25) is 0 Å². The summed E-state index contributed by atoms with van der Waals surface area (Å²) in [5, 5.41) is 6.76. The third kappa shape index (κ3) is 3.80. The van der Waals surface area contributed by atoms with Gasteiger partial charge in [-0.25, -0.2) is 9.97 Å². The van der Waals surface area contributed by atoms with Gasteiger partial charge in [-0.05, 0) is 40.0 Å². The molecule has 1 aromatic rings. The molecule has 0 atom stereocenters. The Morgan fingerprint density at radius 3 is 2.58 bits per heavy atom. The summed E-state index contributed by atoms with van der Waals surface area (Å²) in [5.74, 6) is 2.48. The first kappa shape index (κ1) is 14.1. The first-order chi connectivity index (χ1) is 9.15. The highest BCUT2D eigenvalue weighted by Gasteiger charge is 2.31. The molecule has 1 fully saturated rings. The maximum Gasteiger partial charge on any atom is 0.158 e. The van der Waals surface area contributed by atoms with Crippen LogP contribution in [0, 0.1) is 0 Å². The standard InChI is InChI=1S/C14H24N4O/c1-4-15-11-9-12(18-14(3)7-6-8-14)17-13(16-11)10-19-5-2/h9H,4-8,10H2,1-3H3,(H2,15,16,17,18). The van der Waals surface area contributed by atoms with Crippen molar-refractivity contribution < 1.29 is 4.74 Å². The van der Waals surface area contributed by atoms with E-state index in [1.165, 1.54) is 19.3 Å². The van der Waals surface area contributed by atoms with Crippen molar-refractivity contribution in [1.82, 2.24) is 9.97 Å². The van der Waals surface area contributed by atoms with Crippen molar-refractivity contribution in [3.8, 4) is 0 Å². The zero-order valence-electron chi connectivity index (χ0n) is 12.1. The van der Waals surface area contributed by atoms with Gasteiger partial charge in [0.05, 0.1) is 0 Å². The molecule has 1 aliphatic rings. The van der Waals surface area contributed by atoms with Crippen LogP contribution in [-0.4, -0.2) is 28.7 Å². The average Bonchev–Trinajstić information content (AvgIpc) is 2.35. The summed E-state index contributed by atoms with van der Waals surface area (Å²) in [7, 11) is 0.